The summed E-state index contributed by atoms with van der Waals surface area (Å²) in [5.41, 5.74) is 0. The molecule has 1 fully saturated rings. The third-order valence-corrected chi connectivity index (χ3v) is 4.91. The van der Waals surface area contributed by atoms with Crippen molar-refractivity contribution in [2.75, 3.05) is 19.6 Å². The third kappa shape index (κ3) is 2.83. The maximum absolute atomic E-state index is 13.5. The fourth-order valence-electron chi connectivity index (χ4n) is 1.96. The van der Waals surface area contributed by atoms with Crippen LogP contribution in [0.4, 0.5) is 4.39 Å². The van der Waals surface area contributed by atoms with Crippen molar-refractivity contribution in [1.82, 2.24) is 9.62 Å². The predicted octanol–water partition coefficient (Wildman–Crippen LogP) is 1.23. The van der Waals surface area contributed by atoms with Crippen LogP contribution in [0.1, 0.15) is 6.92 Å². The van der Waals surface area contributed by atoms with E-state index < -0.39 is 15.8 Å². The van der Waals surface area contributed by atoms with Gasteiger partial charge in [0.25, 0.3) is 0 Å². The molecule has 1 N–H and O–H groups in total. The van der Waals surface area contributed by atoms with Gasteiger partial charge in [0, 0.05) is 25.7 Å². The Hall–Kier alpha value is -0.690. The molecule has 0 aliphatic carbocycles. The fraction of sp³-hybridized carbons (Fsp3) is 0.455. The molecule has 1 aliphatic rings. The molecule has 0 aromatic heterocycles. The number of halogens is 2. The second kappa shape index (κ2) is 5.97. The number of hydrogen-bond donors (Lipinski definition) is 1. The van der Waals surface area contributed by atoms with Gasteiger partial charge in [-0.1, -0.05) is 12.1 Å². The zero-order chi connectivity index (χ0) is 12.5. The van der Waals surface area contributed by atoms with Gasteiger partial charge in [0.05, 0.1) is 0 Å². The van der Waals surface area contributed by atoms with Gasteiger partial charge in [-0.2, -0.15) is 4.31 Å². The van der Waals surface area contributed by atoms with Crippen molar-refractivity contribution in [2.45, 2.75) is 17.9 Å². The van der Waals surface area contributed by atoms with Gasteiger partial charge in [0.15, 0.2) is 0 Å². The minimum atomic E-state index is -3.72. The van der Waals surface area contributed by atoms with Gasteiger partial charge in [0.1, 0.15) is 10.7 Å². The summed E-state index contributed by atoms with van der Waals surface area (Å²) in [6, 6.07) is 5.32. The third-order valence-electron chi connectivity index (χ3n) is 2.86. The SMILES string of the molecule is C[C@@H]1CNCCN1S(=O)(=O)c1ccccc1F.Cl. The van der Waals surface area contributed by atoms with Crippen LogP contribution < -0.4 is 5.32 Å². The molecule has 2 rings (SSSR count). The second-order valence-electron chi connectivity index (χ2n) is 4.10. The Bertz CT molecular complexity index is 510. The summed E-state index contributed by atoms with van der Waals surface area (Å²) in [5, 5.41) is 3.10. The average molecular weight is 295 g/mol. The topological polar surface area (TPSA) is 49.4 Å². The highest BCUT2D eigenvalue weighted by molar-refractivity contribution is 7.89. The molecule has 0 saturated carbocycles. The number of nitrogens with zero attached hydrogens (tertiary/aromatic N) is 1. The Morgan fingerprint density at radius 1 is 1.39 bits per heavy atom. The maximum Gasteiger partial charge on any atom is 0.246 e. The Labute approximate surface area is 113 Å². The van der Waals surface area contributed by atoms with Gasteiger partial charge >= 0.3 is 0 Å². The van der Waals surface area contributed by atoms with Crippen molar-refractivity contribution < 1.29 is 12.8 Å². The number of rotatable bonds is 2. The van der Waals surface area contributed by atoms with E-state index in [1.54, 1.807) is 0 Å². The molecular weight excluding hydrogens is 279 g/mol. The predicted molar refractivity (Wildman–Crippen MR) is 69.9 cm³/mol. The molecule has 1 atom stereocenters. The zero-order valence-electron chi connectivity index (χ0n) is 9.97. The Kier molecular flexibility index (Phi) is 5.10. The molecule has 7 heteroatoms. The van der Waals surface area contributed by atoms with Gasteiger partial charge in [-0.15, -0.1) is 12.4 Å². The summed E-state index contributed by atoms with van der Waals surface area (Å²) in [6.45, 7) is 3.37. The van der Waals surface area contributed by atoms with Gasteiger partial charge < -0.3 is 5.32 Å². The molecule has 1 saturated heterocycles. The van der Waals surface area contributed by atoms with Gasteiger partial charge in [0.2, 0.25) is 10.0 Å². The molecule has 0 spiro atoms. The van der Waals surface area contributed by atoms with Crippen LogP contribution in [0.15, 0.2) is 29.2 Å². The summed E-state index contributed by atoms with van der Waals surface area (Å²) >= 11 is 0. The quantitative estimate of drug-likeness (QED) is 0.892. The normalized spacial score (nSPS) is 21.3. The van der Waals surface area contributed by atoms with E-state index in [4.69, 9.17) is 0 Å². The lowest BCUT2D eigenvalue weighted by atomic mass is 10.3. The van der Waals surface area contributed by atoms with Gasteiger partial charge in [-0.05, 0) is 19.1 Å². The molecule has 102 valence electrons. The van der Waals surface area contributed by atoms with Crippen molar-refractivity contribution in [3.05, 3.63) is 30.1 Å². The smallest absolute Gasteiger partial charge is 0.246 e. The van der Waals surface area contributed by atoms with Crippen LogP contribution in [-0.4, -0.2) is 38.4 Å². The number of hydrogen-bond acceptors (Lipinski definition) is 3. The van der Waals surface area contributed by atoms with Crippen LogP contribution in [0.5, 0.6) is 0 Å². The second-order valence-corrected chi connectivity index (χ2v) is 5.96. The fourth-order valence-corrected chi connectivity index (χ4v) is 3.66. The lowest BCUT2D eigenvalue weighted by molar-refractivity contribution is 0.283. The molecule has 0 amide bonds. The first-order valence-electron chi connectivity index (χ1n) is 5.50. The molecule has 0 bridgehead atoms. The average Bonchev–Trinajstić information content (AvgIpc) is 2.29. The number of nitrogens with one attached hydrogen (secondary N) is 1. The highest BCUT2D eigenvalue weighted by Gasteiger charge is 2.32. The van der Waals surface area contributed by atoms with Crippen LogP contribution >= 0.6 is 12.4 Å². The summed E-state index contributed by atoms with van der Waals surface area (Å²) in [6.07, 6.45) is 0. The molecule has 18 heavy (non-hydrogen) atoms. The summed E-state index contributed by atoms with van der Waals surface area (Å²) in [4.78, 5) is -0.242. The van der Waals surface area contributed by atoms with E-state index in [0.29, 0.717) is 19.6 Å². The maximum atomic E-state index is 13.5. The highest BCUT2D eigenvalue weighted by atomic mass is 35.5. The number of piperazine rings is 1. The van der Waals surface area contributed by atoms with Crippen LogP contribution in [0.2, 0.25) is 0 Å². The van der Waals surface area contributed by atoms with Crippen molar-refractivity contribution >= 4 is 22.4 Å². The van der Waals surface area contributed by atoms with Crippen LogP contribution in [0.25, 0.3) is 0 Å². The Balaban J connectivity index is 0.00000162. The Morgan fingerprint density at radius 2 is 2.06 bits per heavy atom. The summed E-state index contributed by atoms with van der Waals surface area (Å²) in [5.74, 6) is -0.696. The van der Waals surface area contributed by atoms with Crippen molar-refractivity contribution in [1.29, 1.82) is 0 Å². The molecule has 0 unspecified atom stereocenters. The minimum Gasteiger partial charge on any atom is -0.314 e. The van der Waals surface area contributed by atoms with E-state index in [0.717, 1.165) is 0 Å². The molecule has 1 aromatic rings. The van der Waals surface area contributed by atoms with Gasteiger partial charge in [-0.25, -0.2) is 12.8 Å². The lowest BCUT2D eigenvalue weighted by Gasteiger charge is -2.32. The van der Waals surface area contributed by atoms with E-state index in [-0.39, 0.29) is 23.3 Å². The number of sulfonamides is 1. The molecular formula is C11H16ClFN2O2S. The molecule has 4 nitrogen and oxygen atoms in total. The van der Waals surface area contributed by atoms with E-state index >= 15 is 0 Å². The monoisotopic (exact) mass is 294 g/mol. The van der Waals surface area contributed by atoms with E-state index in [1.807, 2.05) is 6.92 Å². The van der Waals surface area contributed by atoms with E-state index in [2.05, 4.69) is 5.32 Å². The van der Waals surface area contributed by atoms with Crippen LogP contribution in [0, 0.1) is 5.82 Å². The van der Waals surface area contributed by atoms with E-state index in [1.165, 1.54) is 28.6 Å². The first-order valence-corrected chi connectivity index (χ1v) is 6.94. The molecule has 1 heterocycles. The van der Waals surface area contributed by atoms with Crippen molar-refractivity contribution in [3.63, 3.8) is 0 Å². The van der Waals surface area contributed by atoms with Crippen LogP contribution in [0.3, 0.4) is 0 Å². The molecule has 1 aliphatic heterocycles. The summed E-state index contributed by atoms with van der Waals surface area (Å²) < 4.78 is 39.4. The first-order chi connectivity index (χ1) is 8.03. The van der Waals surface area contributed by atoms with Gasteiger partial charge in [-0.3, -0.25) is 0 Å². The Morgan fingerprint density at radius 3 is 2.67 bits per heavy atom. The lowest BCUT2D eigenvalue weighted by Crippen LogP contribution is -2.52. The largest absolute Gasteiger partial charge is 0.314 e. The highest BCUT2D eigenvalue weighted by Crippen LogP contribution is 2.21. The van der Waals surface area contributed by atoms with Crippen LogP contribution in [-0.2, 0) is 10.0 Å². The molecule has 1 aromatic carbocycles. The van der Waals surface area contributed by atoms with Crippen molar-refractivity contribution in [3.8, 4) is 0 Å². The van der Waals surface area contributed by atoms with Crippen molar-refractivity contribution in [2.24, 2.45) is 0 Å². The number of benzene rings is 1. The van der Waals surface area contributed by atoms with E-state index in [9.17, 15) is 12.8 Å². The minimum absolute atomic E-state index is 0. The summed E-state index contributed by atoms with van der Waals surface area (Å²) in [7, 11) is -3.72. The first kappa shape index (κ1) is 15.4. The standard InChI is InChI=1S/C11H15FN2O2S.ClH/c1-9-8-13-6-7-14(9)17(15,16)11-5-3-2-4-10(11)12;/h2-5,9,13H,6-8H2,1H3;1H/t9-;/m1./s1. The molecule has 0 radical (unpaired) electrons. The zero-order valence-corrected chi connectivity index (χ0v) is 11.6.